The first-order chi connectivity index (χ1) is 16.3. The van der Waals surface area contributed by atoms with Crippen molar-refractivity contribution in [2.45, 2.75) is 18.9 Å². The third-order valence-electron chi connectivity index (χ3n) is 6.32. The van der Waals surface area contributed by atoms with Crippen LogP contribution in [-0.2, 0) is 35.8 Å². The van der Waals surface area contributed by atoms with Gasteiger partial charge in [0.25, 0.3) is 5.91 Å². The number of carbonyl (C=O) groups excluding carboxylic acids is 3. The predicted octanol–water partition coefficient (Wildman–Crippen LogP) is 3.00. The summed E-state index contributed by atoms with van der Waals surface area (Å²) in [5, 5.41) is 0.567. The molecule has 0 aromatic heterocycles. The molecule has 0 radical (unpaired) electrons. The minimum atomic E-state index is -1.79. The number of hydrogen-bond donors (Lipinski definition) is 1. The van der Waals surface area contributed by atoms with E-state index in [9.17, 15) is 14.4 Å². The van der Waals surface area contributed by atoms with E-state index in [0.29, 0.717) is 22.0 Å². The van der Waals surface area contributed by atoms with Crippen LogP contribution in [0.5, 0.6) is 0 Å². The fourth-order valence-electron chi connectivity index (χ4n) is 4.98. The van der Waals surface area contributed by atoms with Gasteiger partial charge in [-0.1, -0.05) is 41.9 Å². The molecule has 34 heavy (non-hydrogen) atoms. The second kappa shape index (κ2) is 7.85. The Morgan fingerprint density at radius 1 is 1.21 bits per heavy atom. The number of hydrogen-bond acceptors (Lipinski definition) is 6. The number of methoxy groups -OCH3 is 1. The molecule has 0 bridgehead atoms. The number of aliphatic imine (C=N–C) groups is 1. The first kappa shape index (κ1) is 21.9. The lowest BCUT2D eigenvalue weighted by Crippen LogP contribution is -2.55. The van der Waals surface area contributed by atoms with E-state index in [1.165, 1.54) is 12.0 Å². The molecule has 3 aliphatic heterocycles. The van der Waals surface area contributed by atoms with Gasteiger partial charge in [-0.25, -0.2) is 9.79 Å². The average Bonchev–Trinajstić information content (AvgIpc) is 3.03. The highest BCUT2D eigenvalue weighted by atomic mass is 35.5. The molecule has 0 aliphatic carbocycles. The van der Waals surface area contributed by atoms with Crippen molar-refractivity contribution in [1.29, 1.82) is 0 Å². The van der Waals surface area contributed by atoms with Gasteiger partial charge in [0, 0.05) is 16.4 Å². The Bertz CT molecular complexity index is 1340. The summed E-state index contributed by atoms with van der Waals surface area (Å²) in [5.74, 6) is -3.27. The minimum absolute atomic E-state index is 0.166. The quantitative estimate of drug-likeness (QED) is 0.680. The van der Waals surface area contributed by atoms with E-state index >= 15 is 0 Å². The maximum atomic E-state index is 14.4. The summed E-state index contributed by atoms with van der Waals surface area (Å²) in [7, 11) is 1.18. The average molecular weight is 478 g/mol. The van der Waals surface area contributed by atoms with Crippen LogP contribution in [0.4, 0.5) is 5.69 Å². The Labute approximate surface area is 200 Å². The van der Waals surface area contributed by atoms with E-state index < -0.39 is 29.1 Å². The summed E-state index contributed by atoms with van der Waals surface area (Å²) in [5.41, 5.74) is 6.46. The monoisotopic (exact) mass is 477 g/mol. The molecule has 172 valence electrons. The van der Waals surface area contributed by atoms with Crippen molar-refractivity contribution in [2.24, 2.45) is 16.6 Å². The van der Waals surface area contributed by atoms with Crippen LogP contribution in [0, 0.1) is 5.92 Å². The number of anilines is 1. The predicted molar refractivity (Wildman–Crippen MR) is 125 cm³/mol. The molecule has 2 amide bonds. The number of esters is 1. The van der Waals surface area contributed by atoms with Crippen molar-refractivity contribution in [1.82, 2.24) is 0 Å². The third kappa shape index (κ3) is 2.99. The number of para-hydroxylation sites is 1. The number of halogens is 1. The van der Waals surface area contributed by atoms with Crippen molar-refractivity contribution in [3.05, 3.63) is 88.0 Å². The van der Waals surface area contributed by atoms with Gasteiger partial charge in [-0.05, 0) is 42.3 Å². The number of benzene rings is 2. The Morgan fingerprint density at radius 3 is 2.62 bits per heavy atom. The van der Waals surface area contributed by atoms with Crippen molar-refractivity contribution in [3.8, 4) is 0 Å². The standard InChI is InChI=1S/C25H20ClN3O5/c1-13-11-18-19(22(30)28-13)25(20(21(27)34-18)23(31)33-2)16-5-3-4-6-17(16)29(24(25)32)12-14-7-9-15(26)10-8-14/h3-11,19H,12,27H2,1-2H3. The molecule has 2 unspecified atom stereocenters. The fourth-order valence-corrected chi connectivity index (χ4v) is 5.10. The molecular weight excluding hydrogens is 458 g/mol. The van der Waals surface area contributed by atoms with Crippen LogP contribution in [0.1, 0.15) is 18.1 Å². The smallest absolute Gasteiger partial charge is 0.340 e. The number of carbonyl (C=O) groups is 3. The number of amides is 2. The van der Waals surface area contributed by atoms with Gasteiger partial charge in [0.2, 0.25) is 11.8 Å². The van der Waals surface area contributed by atoms with E-state index in [2.05, 4.69) is 4.99 Å². The van der Waals surface area contributed by atoms with Crippen LogP contribution in [-0.4, -0.2) is 30.6 Å². The highest BCUT2D eigenvalue weighted by Crippen LogP contribution is 2.57. The van der Waals surface area contributed by atoms with E-state index in [4.69, 9.17) is 26.8 Å². The summed E-state index contributed by atoms with van der Waals surface area (Å²) < 4.78 is 10.7. The van der Waals surface area contributed by atoms with Crippen molar-refractivity contribution in [2.75, 3.05) is 12.0 Å². The van der Waals surface area contributed by atoms with E-state index in [-0.39, 0.29) is 23.8 Å². The van der Waals surface area contributed by atoms with Crippen LogP contribution in [0.3, 0.4) is 0 Å². The minimum Gasteiger partial charge on any atom is -0.465 e. The fraction of sp³-hybridized carbons (Fsp3) is 0.200. The Balaban J connectivity index is 1.78. The molecule has 3 heterocycles. The van der Waals surface area contributed by atoms with Gasteiger partial charge in [0.05, 0.1) is 13.7 Å². The molecule has 0 saturated carbocycles. The highest BCUT2D eigenvalue weighted by Gasteiger charge is 2.66. The number of ether oxygens (including phenoxy) is 2. The van der Waals surface area contributed by atoms with Gasteiger partial charge in [0.15, 0.2) is 0 Å². The second-order valence-electron chi connectivity index (χ2n) is 8.25. The van der Waals surface area contributed by atoms with Crippen LogP contribution in [0.25, 0.3) is 0 Å². The number of nitrogens with two attached hydrogens (primary N) is 1. The molecule has 5 rings (SSSR count). The zero-order valence-corrected chi connectivity index (χ0v) is 19.1. The molecule has 2 aromatic rings. The van der Waals surface area contributed by atoms with Crippen molar-refractivity contribution in [3.63, 3.8) is 0 Å². The summed E-state index contributed by atoms with van der Waals surface area (Å²) in [6.45, 7) is 1.83. The van der Waals surface area contributed by atoms with Gasteiger partial charge in [-0.15, -0.1) is 0 Å². The van der Waals surface area contributed by atoms with Crippen LogP contribution in [0.15, 0.2) is 76.8 Å². The Hall–Kier alpha value is -3.91. The van der Waals surface area contributed by atoms with Crippen LogP contribution in [0.2, 0.25) is 5.02 Å². The summed E-state index contributed by atoms with van der Waals surface area (Å²) in [6, 6.07) is 14.1. The molecule has 9 heteroatoms. The maximum Gasteiger partial charge on any atom is 0.340 e. The number of fused-ring (bicyclic) bond motifs is 4. The first-order valence-electron chi connectivity index (χ1n) is 10.5. The van der Waals surface area contributed by atoms with Crippen molar-refractivity contribution < 1.29 is 23.9 Å². The lowest BCUT2D eigenvalue weighted by atomic mass is 9.63. The number of allylic oxidation sites excluding steroid dienone is 1. The van der Waals surface area contributed by atoms with Gasteiger partial charge in [0.1, 0.15) is 22.7 Å². The molecule has 2 aromatic carbocycles. The van der Waals surface area contributed by atoms with Gasteiger partial charge in [-0.2, -0.15) is 0 Å². The van der Waals surface area contributed by atoms with Gasteiger partial charge in [-0.3, -0.25) is 9.59 Å². The van der Waals surface area contributed by atoms with Crippen LogP contribution >= 0.6 is 11.6 Å². The topological polar surface area (TPSA) is 111 Å². The van der Waals surface area contributed by atoms with Gasteiger partial charge < -0.3 is 20.1 Å². The summed E-state index contributed by atoms with van der Waals surface area (Å²) >= 11 is 6.02. The lowest BCUT2D eigenvalue weighted by molar-refractivity contribution is -0.142. The third-order valence-corrected chi connectivity index (χ3v) is 6.57. The largest absolute Gasteiger partial charge is 0.465 e. The lowest BCUT2D eigenvalue weighted by Gasteiger charge is -2.41. The molecule has 1 spiro atoms. The van der Waals surface area contributed by atoms with E-state index in [1.807, 2.05) is 12.1 Å². The highest BCUT2D eigenvalue weighted by molar-refractivity contribution is 6.30. The van der Waals surface area contributed by atoms with Crippen LogP contribution < -0.4 is 10.6 Å². The van der Waals surface area contributed by atoms with Gasteiger partial charge >= 0.3 is 5.97 Å². The summed E-state index contributed by atoms with van der Waals surface area (Å²) in [6.07, 6.45) is 1.56. The maximum absolute atomic E-state index is 14.4. The molecule has 2 N–H and O–H groups in total. The van der Waals surface area contributed by atoms with E-state index in [1.54, 1.807) is 49.4 Å². The van der Waals surface area contributed by atoms with Crippen molar-refractivity contribution >= 4 is 40.8 Å². The molecular formula is C25H20ClN3O5. The zero-order valence-electron chi connectivity index (χ0n) is 18.4. The van der Waals surface area contributed by atoms with E-state index in [0.717, 1.165) is 5.56 Å². The normalized spacial score (nSPS) is 23.3. The Morgan fingerprint density at radius 2 is 1.91 bits per heavy atom. The molecule has 3 aliphatic rings. The SMILES string of the molecule is COC(=O)C1=C(N)OC2=CC(C)=NC(=O)C2C12C(=O)N(Cc1ccc(Cl)cc1)c1ccccc12. The summed E-state index contributed by atoms with van der Waals surface area (Å²) in [4.78, 5) is 46.4. The molecule has 8 nitrogen and oxygen atoms in total. The molecule has 0 fully saturated rings. The number of nitrogens with zero attached hydrogens (tertiary/aromatic N) is 2. The molecule has 0 saturated heterocycles. The molecule has 2 atom stereocenters. The number of dihydropyridines is 1. The number of rotatable bonds is 3. The zero-order chi connectivity index (χ0) is 24.2. The Kier molecular flexibility index (Phi) is 5.06. The first-order valence-corrected chi connectivity index (χ1v) is 10.9. The second-order valence-corrected chi connectivity index (χ2v) is 8.68.